The molecule has 0 spiro atoms. The maximum atomic E-state index is 11.9. The van der Waals surface area contributed by atoms with Gasteiger partial charge in [0.1, 0.15) is 0 Å². The Morgan fingerprint density at radius 1 is 1.41 bits per heavy atom. The second-order valence-corrected chi connectivity index (χ2v) is 4.84. The predicted molar refractivity (Wildman–Crippen MR) is 68.6 cm³/mol. The van der Waals surface area contributed by atoms with Crippen LogP contribution >= 0.6 is 11.6 Å². The number of Topliss-reactive ketones (excluding diaryl/α,β-unsaturated/α-hetero) is 1. The summed E-state index contributed by atoms with van der Waals surface area (Å²) in [5.74, 6) is 0.133. The third-order valence-electron chi connectivity index (χ3n) is 3.13. The normalized spacial score (nSPS) is 19.5. The molecule has 17 heavy (non-hydrogen) atoms. The van der Waals surface area contributed by atoms with Gasteiger partial charge in [-0.25, -0.2) is 0 Å². The first-order valence-corrected chi connectivity index (χ1v) is 6.54. The summed E-state index contributed by atoms with van der Waals surface area (Å²) < 4.78 is 5.53. The molecule has 0 amide bonds. The van der Waals surface area contributed by atoms with Gasteiger partial charge in [-0.3, -0.25) is 4.79 Å². The third kappa shape index (κ3) is 3.55. The first-order chi connectivity index (χ1) is 8.27. The lowest BCUT2D eigenvalue weighted by Gasteiger charge is -2.08. The zero-order valence-corrected chi connectivity index (χ0v) is 10.6. The molecule has 1 aliphatic rings. The Morgan fingerprint density at radius 3 is 2.94 bits per heavy atom. The summed E-state index contributed by atoms with van der Waals surface area (Å²) in [6.07, 6.45) is 5.09. The minimum absolute atomic E-state index is 0.133. The number of hydrogen-bond acceptors (Lipinski definition) is 2. The van der Waals surface area contributed by atoms with Crippen molar-refractivity contribution in [3.05, 3.63) is 34.9 Å². The molecule has 1 fully saturated rings. The molecule has 92 valence electrons. The molecule has 1 aliphatic heterocycles. The Hall–Kier alpha value is -0.860. The van der Waals surface area contributed by atoms with Crippen LogP contribution in [0.2, 0.25) is 5.02 Å². The number of ether oxygens (including phenoxy) is 1. The summed E-state index contributed by atoms with van der Waals surface area (Å²) in [4.78, 5) is 11.9. The summed E-state index contributed by atoms with van der Waals surface area (Å²) in [5, 5.41) is 0.551. The van der Waals surface area contributed by atoms with Crippen molar-refractivity contribution in [3.8, 4) is 0 Å². The van der Waals surface area contributed by atoms with Gasteiger partial charge in [0, 0.05) is 18.6 Å². The van der Waals surface area contributed by atoms with Gasteiger partial charge in [-0.2, -0.15) is 0 Å². The van der Waals surface area contributed by atoms with Gasteiger partial charge in [-0.15, -0.1) is 0 Å². The van der Waals surface area contributed by atoms with E-state index in [0.717, 1.165) is 32.3 Å². The van der Waals surface area contributed by atoms with Crippen LogP contribution in [0.15, 0.2) is 24.3 Å². The molecule has 0 radical (unpaired) electrons. The Balaban J connectivity index is 1.79. The van der Waals surface area contributed by atoms with Crippen molar-refractivity contribution in [1.29, 1.82) is 0 Å². The quantitative estimate of drug-likeness (QED) is 0.744. The van der Waals surface area contributed by atoms with Gasteiger partial charge < -0.3 is 4.74 Å². The highest BCUT2D eigenvalue weighted by Gasteiger charge is 2.16. The number of benzene rings is 1. The van der Waals surface area contributed by atoms with Gasteiger partial charge in [-0.05, 0) is 37.8 Å². The molecule has 3 heteroatoms. The highest BCUT2D eigenvalue weighted by molar-refractivity contribution is 6.33. The molecule has 0 aromatic heterocycles. The van der Waals surface area contributed by atoms with Crippen LogP contribution in [0.1, 0.15) is 42.5 Å². The molecular formula is C14H17ClO2. The summed E-state index contributed by atoms with van der Waals surface area (Å²) in [6.45, 7) is 0.878. The number of rotatable bonds is 5. The monoisotopic (exact) mass is 252 g/mol. The third-order valence-corrected chi connectivity index (χ3v) is 3.46. The number of hydrogen-bond donors (Lipinski definition) is 0. The van der Waals surface area contributed by atoms with Crippen molar-refractivity contribution < 1.29 is 9.53 Å². The minimum Gasteiger partial charge on any atom is -0.378 e. The van der Waals surface area contributed by atoms with E-state index in [0.29, 0.717) is 23.1 Å². The van der Waals surface area contributed by atoms with Gasteiger partial charge in [0.15, 0.2) is 5.78 Å². The van der Waals surface area contributed by atoms with Crippen molar-refractivity contribution in [2.75, 3.05) is 6.61 Å². The lowest BCUT2D eigenvalue weighted by Crippen LogP contribution is -2.06. The maximum absolute atomic E-state index is 11.9. The minimum atomic E-state index is 0.133. The fourth-order valence-electron chi connectivity index (χ4n) is 2.18. The lowest BCUT2D eigenvalue weighted by molar-refractivity contribution is 0.0923. The van der Waals surface area contributed by atoms with Gasteiger partial charge >= 0.3 is 0 Å². The van der Waals surface area contributed by atoms with E-state index in [1.807, 2.05) is 12.1 Å². The van der Waals surface area contributed by atoms with Crippen LogP contribution < -0.4 is 0 Å². The molecule has 1 unspecified atom stereocenters. The molecular weight excluding hydrogens is 236 g/mol. The molecule has 1 atom stereocenters. The van der Waals surface area contributed by atoms with Crippen LogP contribution in [0.25, 0.3) is 0 Å². The van der Waals surface area contributed by atoms with Gasteiger partial charge in [0.05, 0.1) is 11.1 Å². The highest BCUT2D eigenvalue weighted by atomic mass is 35.5. The lowest BCUT2D eigenvalue weighted by atomic mass is 10.0. The van der Waals surface area contributed by atoms with Crippen LogP contribution in [0, 0.1) is 0 Å². The van der Waals surface area contributed by atoms with E-state index in [1.165, 1.54) is 0 Å². The average Bonchev–Trinajstić information content (AvgIpc) is 2.82. The van der Waals surface area contributed by atoms with E-state index >= 15 is 0 Å². The van der Waals surface area contributed by atoms with Gasteiger partial charge in [-0.1, -0.05) is 23.7 Å². The summed E-state index contributed by atoms with van der Waals surface area (Å²) in [7, 11) is 0. The first kappa shape index (κ1) is 12.6. The zero-order chi connectivity index (χ0) is 12.1. The molecule has 1 aromatic rings. The predicted octanol–water partition coefficient (Wildman–Crippen LogP) is 3.87. The van der Waals surface area contributed by atoms with Crippen LogP contribution in [0.5, 0.6) is 0 Å². The standard InChI is InChI=1S/C14H17ClO2/c15-13-8-2-1-7-12(13)14(16)9-3-5-11-6-4-10-17-11/h1-2,7-8,11H,3-6,9-10H2. The van der Waals surface area contributed by atoms with Gasteiger partial charge in [0.25, 0.3) is 0 Å². The molecule has 1 heterocycles. The smallest absolute Gasteiger partial charge is 0.164 e. The Kier molecular flexibility index (Phi) is 4.57. The topological polar surface area (TPSA) is 26.3 Å². The number of halogens is 1. The summed E-state index contributed by atoms with van der Waals surface area (Å²) in [5.41, 5.74) is 0.640. The number of ketones is 1. The molecule has 2 nitrogen and oxygen atoms in total. The van der Waals surface area contributed by atoms with Crippen molar-refractivity contribution in [2.45, 2.75) is 38.2 Å². The summed E-state index contributed by atoms with van der Waals surface area (Å²) >= 11 is 5.98. The summed E-state index contributed by atoms with van der Waals surface area (Å²) in [6, 6.07) is 7.23. The second kappa shape index (κ2) is 6.18. The average molecular weight is 253 g/mol. The number of carbonyl (C=O) groups excluding carboxylic acids is 1. The fourth-order valence-corrected chi connectivity index (χ4v) is 2.43. The molecule has 0 aliphatic carbocycles. The molecule has 0 bridgehead atoms. The first-order valence-electron chi connectivity index (χ1n) is 6.16. The van der Waals surface area contributed by atoms with Crippen molar-refractivity contribution in [1.82, 2.24) is 0 Å². The van der Waals surface area contributed by atoms with Crippen molar-refractivity contribution in [2.24, 2.45) is 0 Å². The van der Waals surface area contributed by atoms with Crippen LogP contribution in [-0.4, -0.2) is 18.5 Å². The fraction of sp³-hybridized carbons (Fsp3) is 0.500. The Morgan fingerprint density at radius 2 is 2.24 bits per heavy atom. The molecule has 1 saturated heterocycles. The van der Waals surface area contributed by atoms with Crippen molar-refractivity contribution >= 4 is 17.4 Å². The van der Waals surface area contributed by atoms with E-state index < -0.39 is 0 Å². The van der Waals surface area contributed by atoms with E-state index in [1.54, 1.807) is 12.1 Å². The molecule has 0 saturated carbocycles. The van der Waals surface area contributed by atoms with Crippen LogP contribution in [0.3, 0.4) is 0 Å². The van der Waals surface area contributed by atoms with E-state index in [-0.39, 0.29) is 5.78 Å². The van der Waals surface area contributed by atoms with E-state index in [4.69, 9.17) is 16.3 Å². The number of carbonyl (C=O) groups is 1. The van der Waals surface area contributed by atoms with E-state index in [2.05, 4.69) is 0 Å². The zero-order valence-electron chi connectivity index (χ0n) is 9.82. The van der Waals surface area contributed by atoms with Gasteiger partial charge in [0.2, 0.25) is 0 Å². The van der Waals surface area contributed by atoms with Crippen LogP contribution in [-0.2, 0) is 4.74 Å². The SMILES string of the molecule is O=C(CCCC1CCCO1)c1ccccc1Cl. The second-order valence-electron chi connectivity index (χ2n) is 4.43. The molecule has 0 N–H and O–H groups in total. The Labute approximate surface area is 107 Å². The molecule has 1 aromatic carbocycles. The van der Waals surface area contributed by atoms with E-state index in [9.17, 15) is 4.79 Å². The maximum Gasteiger partial charge on any atom is 0.164 e. The highest BCUT2D eigenvalue weighted by Crippen LogP contribution is 2.21. The molecule has 2 rings (SSSR count). The Bertz CT molecular complexity index is 384. The van der Waals surface area contributed by atoms with Crippen LogP contribution in [0.4, 0.5) is 0 Å². The largest absolute Gasteiger partial charge is 0.378 e. The van der Waals surface area contributed by atoms with Crippen molar-refractivity contribution in [3.63, 3.8) is 0 Å².